The molecule has 0 unspecified atom stereocenters. The van der Waals surface area contributed by atoms with Gasteiger partial charge in [0.05, 0.1) is 11.8 Å². The number of nitrogens with one attached hydrogen (secondary N) is 2. The number of carbonyl (C=O) groups is 2. The van der Waals surface area contributed by atoms with Gasteiger partial charge in [-0.15, -0.1) is 0 Å². The molecule has 0 bridgehead atoms. The summed E-state index contributed by atoms with van der Waals surface area (Å²) in [7, 11) is 0. The maximum absolute atomic E-state index is 12.5. The lowest BCUT2D eigenvalue weighted by atomic mass is 10.0. The molecule has 0 saturated heterocycles. The number of alkyl halides is 3. The molecule has 1 aromatic heterocycles. The lowest BCUT2D eigenvalue weighted by Gasteiger charge is -2.08. The second-order valence-electron chi connectivity index (χ2n) is 5.43. The predicted octanol–water partition coefficient (Wildman–Crippen LogP) is 3.25. The number of rotatable bonds is 6. The first-order valence-electron chi connectivity index (χ1n) is 7.73. The summed E-state index contributed by atoms with van der Waals surface area (Å²) < 4.78 is 42.5. The van der Waals surface area contributed by atoms with Crippen LogP contribution in [-0.4, -0.2) is 24.9 Å². The van der Waals surface area contributed by atoms with Crippen LogP contribution in [-0.2, 0) is 11.0 Å². The number of hydrogen-bond acceptors (Lipinski definition) is 3. The molecule has 1 heterocycles. The van der Waals surface area contributed by atoms with Crippen molar-refractivity contribution in [3.63, 3.8) is 0 Å². The Morgan fingerprint density at radius 1 is 1.08 bits per heavy atom. The number of halogens is 3. The molecular formula is C18H17F3N2O3. The van der Waals surface area contributed by atoms with E-state index in [2.05, 4.69) is 10.6 Å². The number of furan rings is 1. The molecule has 8 heteroatoms. The number of carbonyl (C=O) groups excluding carboxylic acids is 2. The van der Waals surface area contributed by atoms with E-state index in [0.717, 1.165) is 12.1 Å². The predicted molar refractivity (Wildman–Crippen MR) is 89.1 cm³/mol. The van der Waals surface area contributed by atoms with E-state index in [1.54, 1.807) is 13.0 Å². The summed E-state index contributed by atoms with van der Waals surface area (Å²) in [4.78, 5) is 23.4. The third kappa shape index (κ3) is 5.51. The Balaban J connectivity index is 1.81. The Hall–Kier alpha value is -3.03. The molecule has 2 rings (SSSR count). The minimum absolute atomic E-state index is 0.175. The van der Waals surface area contributed by atoms with Crippen molar-refractivity contribution in [1.29, 1.82) is 0 Å². The van der Waals surface area contributed by atoms with Gasteiger partial charge in [-0.3, -0.25) is 9.59 Å². The summed E-state index contributed by atoms with van der Waals surface area (Å²) >= 11 is 0. The summed E-state index contributed by atoms with van der Waals surface area (Å²) in [5.74, 6) is -0.621. The molecule has 1 aromatic carbocycles. The molecule has 0 aliphatic heterocycles. The second kappa shape index (κ2) is 8.37. The van der Waals surface area contributed by atoms with Crippen LogP contribution in [0.1, 0.15) is 28.6 Å². The molecule has 26 heavy (non-hydrogen) atoms. The van der Waals surface area contributed by atoms with Crippen LogP contribution in [0.4, 0.5) is 13.2 Å². The van der Waals surface area contributed by atoms with Crippen LogP contribution in [0.5, 0.6) is 0 Å². The van der Waals surface area contributed by atoms with E-state index < -0.39 is 17.6 Å². The van der Waals surface area contributed by atoms with Crippen LogP contribution in [0.15, 0.2) is 53.2 Å². The fourth-order valence-electron chi connectivity index (χ4n) is 2.11. The van der Waals surface area contributed by atoms with E-state index in [9.17, 15) is 22.8 Å². The molecule has 0 fully saturated rings. The highest BCUT2D eigenvalue weighted by Crippen LogP contribution is 2.29. The van der Waals surface area contributed by atoms with Gasteiger partial charge in [0, 0.05) is 19.2 Å². The zero-order valence-electron chi connectivity index (χ0n) is 13.9. The van der Waals surface area contributed by atoms with E-state index in [-0.39, 0.29) is 24.8 Å². The van der Waals surface area contributed by atoms with Crippen LogP contribution < -0.4 is 10.6 Å². The summed E-state index contributed by atoms with van der Waals surface area (Å²) in [5.41, 5.74) is 0.293. The summed E-state index contributed by atoms with van der Waals surface area (Å²) in [6, 6.07) is 7.66. The second-order valence-corrected chi connectivity index (χ2v) is 5.43. The number of amides is 2. The molecule has 5 nitrogen and oxygen atoms in total. The molecule has 2 aromatic rings. The van der Waals surface area contributed by atoms with Crippen molar-refractivity contribution >= 4 is 17.4 Å². The van der Waals surface area contributed by atoms with Gasteiger partial charge in [0.25, 0.3) is 5.91 Å². The number of allylic oxidation sites excluding steroid dienone is 1. The van der Waals surface area contributed by atoms with E-state index >= 15 is 0 Å². The zero-order chi connectivity index (χ0) is 19.2. The highest BCUT2D eigenvalue weighted by Gasteiger charge is 2.29. The van der Waals surface area contributed by atoms with Crippen molar-refractivity contribution in [3.05, 3.63) is 65.6 Å². The van der Waals surface area contributed by atoms with Crippen molar-refractivity contribution in [3.8, 4) is 0 Å². The Morgan fingerprint density at radius 2 is 1.73 bits per heavy atom. The first-order chi connectivity index (χ1) is 12.3. The van der Waals surface area contributed by atoms with Crippen molar-refractivity contribution in [2.24, 2.45) is 0 Å². The standard InChI is InChI=1S/C18H17F3N2O3/c1-12(13-4-6-14(7-5-13)18(19,20)21)11-16(24)22-8-9-23-17(25)15-3-2-10-26-15/h2-7,10-11H,8-9H2,1H3,(H,22,24)(H,23,25). The van der Waals surface area contributed by atoms with Crippen molar-refractivity contribution in [1.82, 2.24) is 10.6 Å². The summed E-state index contributed by atoms with van der Waals surface area (Å²) in [6.07, 6.45) is -1.73. The maximum Gasteiger partial charge on any atom is 0.416 e. The molecule has 0 saturated carbocycles. The molecule has 2 amide bonds. The van der Waals surface area contributed by atoms with Gasteiger partial charge in [0.2, 0.25) is 5.91 Å². The van der Waals surface area contributed by atoms with Crippen molar-refractivity contribution in [2.45, 2.75) is 13.1 Å². The van der Waals surface area contributed by atoms with Gasteiger partial charge in [0.15, 0.2) is 5.76 Å². The molecule has 0 spiro atoms. The number of benzene rings is 1. The molecule has 0 aliphatic rings. The van der Waals surface area contributed by atoms with Crippen LogP contribution in [0.3, 0.4) is 0 Å². The minimum Gasteiger partial charge on any atom is -0.459 e. The topological polar surface area (TPSA) is 71.3 Å². The van der Waals surface area contributed by atoms with Crippen molar-refractivity contribution < 1.29 is 27.2 Å². The SMILES string of the molecule is CC(=CC(=O)NCCNC(=O)c1ccco1)c1ccc(C(F)(F)F)cc1. The largest absolute Gasteiger partial charge is 0.459 e. The fourth-order valence-corrected chi connectivity index (χ4v) is 2.11. The van der Waals surface area contributed by atoms with Crippen LogP contribution >= 0.6 is 0 Å². The molecule has 0 aliphatic carbocycles. The third-order valence-electron chi connectivity index (χ3n) is 3.47. The third-order valence-corrected chi connectivity index (χ3v) is 3.47. The highest BCUT2D eigenvalue weighted by atomic mass is 19.4. The summed E-state index contributed by atoms with van der Waals surface area (Å²) in [6.45, 7) is 2.03. The smallest absolute Gasteiger partial charge is 0.416 e. The Bertz CT molecular complexity index is 779. The Labute approximate surface area is 147 Å². The molecule has 0 radical (unpaired) electrons. The highest BCUT2D eigenvalue weighted by molar-refractivity contribution is 5.95. The van der Waals surface area contributed by atoms with E-state index in [1.807, 2.05) is 0 Å². The normalized spacial score (nSPS) is 11.9. The molecule has 2 N–H and O–H groups in total. The van der Waals surface area contributed by atoms with Gasteiger partial charge >= 0.3 is 6.18 Å². The average Bonchev–Trinajstić information content (AvgIpc) is 3.12. The van der Waals surface area contributed by atoms with Gasteiger partial charge in [-0.05, 0) is 42.3 Å². The average molecular weight is 366 g/mol. The van der Waals surface area contributed by atoms with Gasteiger partial charge in [-0.1, -0.05) is 12.1 Å². The van der Waals surface area contributed by atoms with Crippen LogP contribution in [0.2, 0.25) is 0 Å². The lowest BCUT2D eigenvalue weighted by Crippen LogP contribution is -2.33. The van der Waals surface area contributed by atoms with Gasteiger partial charge < -0.3 is 15.1 Å². The maximum atomic E-state index is 12.5. The zero-order valence-corrected chi connectivity index (χ0v) is 13.9. The fraction of sp³-hybridized carbons (Fsp3) is 0.222. The van der Waals surface area contributed by atoms with Gasteiger partial charge in [0.1, 0.15) is 0 Å². The Morgan fingerprint density at radius 3 is 2.31 bits per heavy atom. The summed E-state index contributed by atoms with van der Waals surface area (Å²) in [5, 5.41) is 5.15. The van der Waals surface area contributed by atoms with Crippen LogP contribution in [0, 0.1) is 0 Å². The lowest BCUT2D eigenvalue weighted by molar-refractivity contribution is -0.137. The van der Waals surface area contributed by atoms with Gasteiger partial charge in [-0.25, -0.2) is 0 Å². The quantitative estimate of drug-likeness (QED) is 0.609. The molecular weight excluding hydrogens is 349 g/mol. The minimum atomic E-state index is -4.40. The van der Waals surface area contributed by atoms with E-state index in [1.165, 1.54) is 30.5 Å². The number of hydrogen-bond donors (Lipinski definition) is 2. The monoisotopic (exact) mass is 366 g/mol. The molecule has 138 valence electrons. The van der Waals surface area contributed by atoms with E-state index in [4.69, 9.17) is 4.42 Å². The van der Waals surface area contributed by atoms with E-state index in [0.29, 0.717) is 11.1 Å². The molecule has 0 atom stereocenters. The van der Waals surface area contributed by atoms with Gasteiger partial charge in [-0.2, -0.15) is 13.2 Å². The van der Waals surface area contributed by atoms with Crippen LogP contribution in [0.25, 0.3) is 5.57 Å². The first kappa shape index (κ1) is 19.3. The first-order valence-corrected chi connectivity index (χ1v) is 7.73. The van der Waals surface area contributed by atoms with Crippen molar-refractivity contribution in [2.75, 3.05) is 13.1 Å². The Kier molecular flexibility index (Phi) is 6.21.